The number of hydrogen-bond acceptors (Lipinski definition) is 5. The first-order valence-corrected chi connectivity index (χ1v) is 11.4. The Hall–Kier alpha value is -3.87. The normalized spacial score (nSPS) is 11.5. The van der Waals surface area contributed by atoms with Gasteiger partial charge in [-0.3, -0.25) is 14.6 Å². The monoisotopic (exact) mass is 461 g/mol. The standard InChI is InChI=1S/C27H31N3O4/c1-4-33-23-14-10-21(11-15-23)26(31)30-25(19(2)3)27(32)29-17-20-8-12-24(13-9-20)34-18-22-7-5-6-16-28-22/h5-16,19,25H,4,17-18H2,1-3H3,(H,29,32)(H,30,31). The summed E-state index contributed by atoms with van der Waals surface area (Å²) < 4.78 is 11.2. The van der Waals surface area contributed by atoms with Crippen LogP contribution in [0.5, 0.6) is 11.5 Å². The van der Waals surface area contributed by atoms with Crippen LogP contribution in [-0.2, 0) is 17.9 Å². The summed E-state index contributed by atoms with van der Waals surface area (Å²) in [7, 11) is 0. The third-order valence-electron chi connectivity index (χ3n) is 5.17. The fraction of sp³-hybridized carbons (Fsp3) is 0.296. The summed E-state index contributed by atoms with van der Waals surface area (Å²) in [6.07, 6.45) is 1.73. The van der Waals surface area contributed by atoms with E-state index in [1.165, 1.54) is 0 Å². The predicted octanol–water partition coefficient (Wildman–Crippen LogP) is 4.13. The summed E-state index contributed by atoms with van der Waals surface area (Å²) in [5.41, 5.74) is 2.26. The van der Waals surface area contributed by atoms with Crippen molar-refractivity contribution < 1.29 is 19.1 Å². The van der Waals surface area contributed by atoms with Gasteiger partial charge in [0.2, 0.25) is 5.91 Å². The van der Waals surface area contributed by atoms with Crippen molar-refractivity contribution in [1.82, 2.24) is 15.6 Å². The lowest BCUT2D eigenvalue weighted by Gasteiger charge is -2.22. The first-order valence-electron chi connectivity index (χ1n) is 11.4. The van der Waals surface area contributed by atoms with Crippen LogP contribution < -0.4 is 20.1 Å². The highest BCUT2D eigenvalue weighted by atomic mass is 16.5. The van der Waals surface area contributed by atoms with Crippen LogP contribution in [0.25, 0.3) is 0 Å². The molecule has 34 heavy (non-hydrogen) atoms. The van der Waals surface area contributed by atoms with Gasteiger partial charge in [-0.15, -0.1) is 0 Å². The first-order chi connectivity index (χ1) is 16.5. The third-order valence-corrected chi connectivity index (χ3v) is 5.17. The summed E-state index contributed by atoms with van der Waals surface area (Å²) in [5, 5.41) is 5.76. The quantitative estimate of drug-likeness (QED) is 0.448. The van der Waals surface area contributed by atoms with Crippen LogP contribution in [-0.4, -0.2) is 29.4 Å². The lowest BCUT2D eigenvalue weighted by molar-refractivity contribution is -0.124. The molecule has 1 atom stereocenters. The Kier molecular flexibility index (Phi) is 9.03. The smallest absolute Gasteiger partial charge is 0.251 e. The number of pyridine rings is 1. The van der Waals surface area contributed by atoms with E-state index in [0.29, 0.717) is 31.1 Å². The van der Waals surface area contributed by atoms with Gasteiger partial charge in [0.1, 0.15) is 24.1 Å². The molecule has 2 N–H and O–H groups in total. The van der Waals surface area contributed by atoms with Crippen LogP contribution in [0.3, 0.4) is 0 Å². The van der Waals surface area contributed by atoms with E-state index < -0.39 is 6.04 Å². The second kappa shape index (κ2) is 12.4. The predicted molar refractivity (Wildman–Crippen MR) is 131 cm³/mol. The largest absolute Gasteiger partial charge is 0.494 e. The summed E-state index contributed by atoms with van der Waals surface area (Å²) in [5.74, 6) is 0.818. The highest BCUT2D eigenvalue weighted by molar-refractivity contribution is 5.97. The number of carbonyl (C=O) groups excluding carboxylic acids is 2. The zero-order valence-corrected chi connectivity index (χ0v) is 19.8. The molecule has 0 radical (unpaired) electrons. The van der Waals surface area contributed by atoms with Crippen LogP contribution in [0, 0.1) is 5.92 Å². The molecule has 0 saturated carbocycles. The Bertz CT molecular complexity index is 1050. The molecule has 0 bridgehead atoms. The minimum atomic E-state index is -0.653. The number of rotatable bonds is 11. The zero-order valence-electron chi connectivity index (χ0n) is 19.8. The Morgan fingerprint density at radius 1 is 0.912 bits per heavy atom. The molecule has 2 amide bonds. The molecule has 7 nitrogen and oxygen atoms in total. The molecule has 0 spiro atoms. The second-order valence-corrected chi connectivity index (χ2v) is 8.12. The summed E-state index contributed by atoms with van der Waals surface area (Å²) >= 11 is 0. The Morgan fingerprint density at radius 3 is 2.21 bits per heavy atom. The average Bonchev–Trinajstić information content (AvgIpc) is 2.86. The summed E-state index contributed by atoms with van der Waals surface area (Å²) in [4.78, 5) is 29.7. The van der Waals surface area contributed by atoms with Gasteiger partial charge in [-0.2, -0.15) is 0 Å². The van der Waals surface area contributed by atoms with Crippen molar-refractivity contribution in [3.8, 4) is 11.5 Å². The van der Waals surface area contributed by atoms with Crippen LogP contribution in [0.4, 0.5) is 0 Å². The van der Waals surface area contributed by atoms with E-state index in [-0.39, 0.29) is 17.7 Å². The van der Waals surface area contributed by atoms with Gasteiger partial charge < -0.3 is 20.1 Å². The SMILES string of the molecule is CCOc1ccc(C(=O)NC(C(=O)NCc2ccc(OCc3ccccn3)cc2)C(C)C)cc1. The highest BCUT2D eigenvalue weighted by Crippen LogP contribution is 2.15. The van der Waals surface area contributed by atoms with Crippen molar-refractivity contribution >= 4 is 11.8 Å². The molecule has 0 aliphatic carbocycles. The molecule has 1 unspecified atom stereocenters. The van der Waals surface area contributed by atoms with Crippen LogP contribution >= 0.6 is 0 Å². The van der Waals surface area contributed by atoms with Crippen molar-refractivity contribution in [3.63, 3.8) is 0 Å². The van der Waals surface area contributed by atoms with Crippen molar-refractivity contribution in [2.75, 3.05) is 6.61 Å². The van der Waals surface area contributed by atoms with E-state index in [1.807, 2.05) is 63.2 Å². The minimum Gasteiger partial charge on any atom is -0.494 e. The van der Waals surface area contributed by atoms with Gasteiger partial charge >= 0.3 is 0 Å². The number of benzene rings is 2. The van der Waals surface area contributed by atoms with Crippen molar-refractivity contribution in [2.24, 2.45) is 5.92 Å². The molecule has 3 rings (SSSR count). The lowest BCUT2D eigenvalue weighted by Crippen LogP contribution is -2.49. The fourth-order valence-corrected chi connectivity index (χ4v) is 3.27. The minimum absolute atomic E-state index is 0.0750. The Labute approximate surface area is 200 Å². The van der Waals surface area contributed by atoms with Gasteiger partial charge in [-0.25, -0.2) is 0 Å². The van der Waals surface area contributed by atoms with Crippen LogP contribution in [0.15, 0.2) is 72.9 Å². The molecule has 0 saturated heterocycles. The highest BCUT2D eigenvalue weighted by Gasteiger charge is 2.24. The van der Waals surface area contributed by atoms with Gasteiger partial charge in [-0.1, -0.05) is 32.0 Å². The summed E-state index contributed by atoms with van der Waals surface area (Å²) in [6.45, 7) is 7.00. The maximum Gasteiger partial charge on any atom is 0.251 e. The maximum absolute atomic E-state index is 12.8. The molecular weight excluding hydrogens is 430 g/mol. The van der Waals surface area contributed by atoms with Gasteiger partial charge in [0.15, 0.2) is 0 Å². The van der Waals surface area contributed by atoms with Gasteiger partial charge in [0.05, 0.1) is 12.3 Å². The number of hydrogen-bond donors (Lipinski definition) is 2. The molecule has 2 aromatic carbocycles. The second-order valence-electron chi connectivity index (χ2n) is 8.12. The zero-order chi connectivity index (χ0) is 24.3. The molecule has 1 aromatic heterocycles. The Morgan fingerprint density at radius 2 is 1.59 bits per heavy atom. The third kappa shape index (κ3) is 7.33. The van der Waals surface area contributed by atoms with Crippen molar-refractivity contribution in [3.05, 3.63) is 89.7 Å². The number of amides is 2. The van der Waals surface area contributed by atoms with E-state index in [4.69, 9.17) is 9.47 Å². The molecule has 3 aromatic rings. The number of ether oxygens (including phenoxy) is 2. The van der Waals surface area contributed by atoms with E-state index in [9.17, 15) is 9.59 Å². The van der Waals surface area contributed by atoms with Crippen molar-refractivity contribution in [1.29, 1.82) is 0 Å². The Balaban J connectivity index is 1.51. The summed E-state index contributed by atoms with van der Waals surface area (Å²) in [6, 6.07) is 19.4. The average molecular weight is 462 g/mol. The number of nitrogens with one attached hydrogen (secondary N) is 2. The van der Waals surface area contributed by atoms with Crippen LogP contribution in [0.2, 0.25) is 0 Å². The first kappa shape index (κ1) is 24.8. The van der Waals surface area contributed by atoms with E-state index in [0.717, 1.165) is 17.0 Å². The fourth-order valence-electron chi connectivity index (χ4n) is 3.27. The molecule has 7 heteroatoms. The van der Waals surface area contributed by atoms with Crippen molar-refractivity contribution in [2.45, 2.75) is 40.0 Å². The molecule has 1 heterocycles. The van der Waals surface area contributed by atoms with E-state index in [2.05, 4.69) is 15.6 Å². The van der Waals surface area contributed by atoms with Gasteiger partial charge in [0.25, 0.3) is 5.91 Å². The topological polar surface area (TPSA) is 89.5 Å². The number of aromatic nitrogens is 1. The van der Waals surface area contributed by atoms with E-state index >= 15 is 0 Å². The molecule has 0 aliphatic heterocycles. The van der Waals surface area contributed by atoms with E-state index in [1.54, 1.807) is 30.5 Å². The molecule has 178 valence electrons. The maximum atomic E-state index is 12.8. The van der Waals surface area contributed by atoms with Crippen LogP contribution in [0.1, 0.15) is 42.4 Å². The molecule has 0 fully saturated rings. The van der Waals surface area contributed by atoms with Gasteiger partial charge in [0, 0.05) is 18.3 Å². The molecular formula is C27H31N3O4. The van der Waals surface area contributed by atoms with Gasteiger partial charge in [-0.05, 0) is 66.9 Å². The lowest BCUT2D eigenvalue weighted by atomic mass is 10.0. The number of carbonyl (C=O) groups is 2. The number of nitrogens with zero attached hydrogens (tertiary/aromatic N) is 1. The molecule has 0 aliphatic rings.